The predicted molar refractivity (Wildman–Crippen MR) is 203 cm³/mol. The molecule has 0 radical (unpaired) electrons. The van der Waals surface area contributed by atoms with Crippen LogP contribution in [0, 0.1) is 11.6 Å². The number of carbonyl (C=O) groups is 3. The van der Waals surface area contributed by atoms with Crippen molar-refractivity contribution in [3.05, 3.63) is 137 Å². The summed E-state index contributed by atoms with van der Waals surface area (Å²) >= 11 is 0. The molecular weight excluding hydrogens is 692 g/mol. The molecule has 1 aliphatic rings. The lowest BCUT2D eigenvalue weighted by atomic mass is 9.90. The van der Waals surface area contributed by atoms with Gasteiger partial charge in [-0.15, -0.1) is 0 Å². The summed E-state index contributed by atoms with van der Waals surface area (Å²) in [7, 11) is 0. The monoisotopic (exact) mass is 741 g/mol. The number of hydrogen-bond donors (Lipinski definition) is 0. The Bertz CT molecular complexity index is 1880. The standard InChI is InChI=1S/C43H49F2N3O6/c1-42(2,3)53-40(50)48(41(51)54-43(4,5)6)37-14-10-13-32(24-37)27-47(39(49)52-29-31-11-8-7-9-12-31)22-21-46-28-33-17-20-36(45)25-34(33)26-38(46)23-30-15-18-35(44)19-16-30/h7-20,24-25,38H,21-23,26-29H2,1-6H3. The van der Waals surface area contributed by atoms with Crippen molar-refractivity contribution < 1.29 is 37.4 Å². The maximum absolute atomic E-state index is 14.3. The van der Waals surface area contributed by atoms with E-state index in [1.807, 2.05) is 30.3 Å². The second kappa shape index (κ2) is 17.2. The van der Waals surface area contributed by atoms with Gasteiger partial charge in [-0.3, -0.25) is 4.90 Å². The number of nitrogens with zero attached hydrogens (tertiary/aromatic N) is 3. The largest absolute Gasteiger partial charge is 0.445 e. The van der Waals surface area contributed by atoms with E-state index in [0.29, 0.717) is 31.5 Å². The molecule has 0 aliphatic carbocycles. The second-order valence-electron chi connectivity index (χ2n) is 15.5. The molecule has 1 unspecified atom stereocenters. The Labute approximate surface area is 316 Å². The fourth-order valence-corrected chi connectivity index (χ4v) is 6.23. The van der Waals surface area contributed by atoms with Crippen molar-refractivity contribution in [2.45, 2.75) is 91.3 Å². The number of amides is 3. The number of rotatable bonds is 10. The number of ether oxygens (including phenoxy) is 3. The molecule has 286 valence electrons. The minimum atomic E-state index is -0.898. The number of carbonyl (C=O) groups excluding carboxylic acids is 3. The van der Waals surface area contributed by atoms with Crippen LogP contribution in [0.25, 0.3) is 0 Å². The maximum atomic E-state index is 14.3. The van der Waals surface area contributed by atoms with Crippen LogP contribution in [0.2, 0.25) is 0 Å². The summed E-state index contributed by atoms with van der Waals surface area (Å²) in [5.74, 6) is -0.616. The summed E-state index contributed by atoms with van der Waals surface area (Å²) in [6.07, 6.45) is -1.16. The van der Waals surface area contributed by atoms with Crippen LogP contribution >= 0.6 is 0 Å². The fraction of sp³-hybridized carbons (Fsp3) is 0.372. The van der Waals surface area contributed by atoms with Gasteiger partial charge in [0.2, 0.25) is 0 Å². The average molecular weight is 742 g/mol. The van der Waals surface area contributed by atoms with Gasteiger partial charge < -0.3 is 19.1 Å². The molecular formula is C43H49F2N3O6. The van der Waals surface area contributed by atoms with Gasteiger partial charge in [0, 0.05) is 32.2 Å². The Hall–Kier alpha value is -5.29. The van der Waals surface area contributed by atoms with Gasteiger partial charge in [0.05, 0.1) is 5.69 Å². The Balaban J connectivity index is 1.41. The van der Waals surface area contributed by atoms with Crippen LogP contribution in [0.1, 0.15) is 69.4 Å². The van der Waals surface area contributed by atoms with Gasteiger partial charge in [0.15, 0.2) is 0 Å². The fourth-order valence-electron chi connectivity index (χ4n) is 6.23. The Morgan fingerprint density at radius 3 is 1.98 bits per heavy atom. The van der Waals surface area contributed by atoms with Crippen molar-refractivity contribution >= 4 is 24.0 Å². The predicted octanol–water partition coefficient (Wildman–Crippen LogP) is 9.45. The zero-order valence-electron chi connectivity index (χ0n) is 31.8. The minimum absolute atomic E-state index is 0.0495. The number of hydrogen-bond acceptors (Lipinski definition) is 7. The quantitative estimate of drug-likeness (QED) is 0.150. The number of benzene rings is 4. The third-order valence-electron chi connectivity index (χ3n) is 8.71. The van der Waals surface area contributed by atoms with Gasteiger partial charge in [0.1, 0.15) is 29.4 Å². The van der Waals surface area contributed by atoms with Gasteiger partial charge >= 0.3 is 18.3 Å². The third-order valence-corrected chi connectivity index (χ3v) is 8.71. The zero-order chi connectivity index (χ0) is 39.0. The van der Waals surface area contributed by atoms with Gasteiger partial charge in [-0.1, -0.05) is 60.7 Å². The van der Waals surface area contributed by atoms with Crippen LogP contribution in [0.15, 0.2) is 97.1 Å². The van der Waals surface area contributed by atoms with E-state index < -0.39 is 29.5 Å². The van der Waals surface area contributed by atoms with Crippen LogP contribution in [0.3, 0.4) is 0 Å². The first-order chi connectivity index (χ1) is 25.5. The van der Waals surface area contributed by atoms with E-state index in [4.69, 9.17) is 14.2 Å². The zero-order valence-corrected chi connectivity index (χ0v) is 31.8. The van der Waals surface area contributed by atoms with E-state index in [1.54, 1.807) is 95.0 Å². The van der Waals surface area contributed by atoms with Gasteiger partial charge in [0.25, 0.3) is 0 Å². The first-order valence-electron chi connectivity index (χ1n) is 18.1. The second-order valence-corrected chi connectivity index (χ2v) is 15.5. The summed E-state index contributed by atoms with van der Waals surface area (Å²) in [6.45, 7) is 11.6. The van der Waals surface area contributed by atoms with Crippen molar-refractivity contribution in [1.29, 1.82) is 0 Å². The summed E-state index contributed by atoms with van der Waals surface area (Å²) in [4.78, 5) is 45.3. The van der Waals surface area contributed by atoms with E-state index >= 15 is 0 Å². The molecule has 5 rings (SSSR count). The van der Waals surface area contributed by atoms with Crippen LogP contribution < -0.4 is 4.90 Å². The van der Waals surface area contributed by atoms with E-state index in [2.05, 4.69) is 4.90 Å². The number of imide groups is 1. The van der Waals surface area contributed by atoms with Crippen molar-refractivity contribution in [3.8, 4) is 0 Å². The number of halogens is 2. The molecule has 54 heavy (non-hydrogen) atoms. The molecule has 1 aliphatic heterocycles. The first-order valence-corrected chi connectivity index (χ1v) is 18.1. The third kappa shape index (κ3) is 11.6. The molecule has 0 spiro atoms. The van der Waals surface area contributed by atoms with E-state index in [-0.39, 0.29) is 43.1 Å². The number of anilines is 1. The van der Waals surface area contributed by atoms with E-state index in [9.17, 15) is 23.2 Å². The van der Waals surface area contributed by atoms with Crippen LogP contribution in [-0.4, -0.2) is 58.4 Å². The van der Waals surface area contributed by atoms with E-state index in [0.717, 1.165) is 27.2 Å². The molecule has 0 saturated carbocycles. The molecule has 0 saturated heterocycles. The lowest BCUT2D eigenvalue weighted by Gasteiger charge is -2.38. The molecule has 4 aromatic carbocycles. The Morgan fingerprint density at radius 1 is 0.704 bits per heavy atom. The van der Waals surface area contributed by atoms with Crippen LogP contribution in [0.5, 0.6) is 0 Å². The lowest BCUT2D eigenvalue weighted by molar-refractivity contribution is 0.0430. The summed E-state index contributed by atoms with van der Waals surface area (Å²) in [5.41, 5.74) is 2.78. The SMILES string of the molecule is CC(C)(C)OC(=O)N(C(=O)OC(C)(C)C)c1cccc(CN(CCN2Cc3ccc(F)cc3CC2Cc2ccc(F)cc2)C(=O)OCc2ccccc2)c1. The molecule has 4 aromatic rings. The summed E-state index contributed by atoms with van der Waals surface area (Å²) in [5, 5.41) is 0. The topological polar surface area (TPSA) is 88.6 Å². The van der Waals surface area contributed by atoms with Gasteiger partial charge in [-0.05, 0) is 119 Å². The van der Waals surface area contributed by atoms with Gasteiger partial charge in [-0.25, -0.2) is 23.2 Å². The molecule has 0 fully saturated rings. The average Bonchev–Trinajstić information content (AvgIpc) is 3.09. The van der Waals surface area contributed by atoms with Crippen LogP contribution in [0.4, 0.5) is 28.9 Å². The highest BCUT2D eigenvalue weighted by atomic mass is 19.1. The normalized spacial score (nSPS) is 14.5. The molecule has 3 amide bonds. The molecule has 0 bridgehead atoms. The summed E-state index contributed by atoms with van der Waals surface area (Å²) in [6, 6.07) is 27.3. The van der Waals surface area contributed by atoms with Crippen LogP contribution in [-0.2, 0) is 46.7 Å². The van der Waals surface area contributed by atoms with E-state index in [1.165, 1.54) is 18.2 Å². The molecule has 0 aromatic heterocycles. The Kier molecular flexibility index (Phi) is 12.7. The highest BCUT2D eigenvalue weighted by Crippen LogP contribution is 2.28. The van der Waals surface area contributed by atoms with Crippen molar-refractivity contribution in [1.82, 2.24) is 9.80 Å². The van der Waals surface area contributed by atoms with Crippen molar-refractivity contribution in [3.63, 3.8) is 0 Å². The molecule has 1 heterocycles. The van der Waals surface area contributed by atoms with Gasteiger partial charge in [-0.2, -0.15) is 4.90 Å². The smallest absolute Gasteiger partial charge is 0.424 e. The molecule has 9 nitrogen and oxygen atoms in total. The molecule has 0 N–H and O–H groups in total. The highest BCUT2D eigenvalue weighted by molar-refractivity contribution is 6.09. The lowest BCUT2D eigenvalue weighted by Crippen LogP contribution is -2.46. The molecule has 1 atom stereocenters. The summed E-state index contributed by atoms with van der Waals surface area (Å²) < 4.78 is 45.0. The Morgan fingerprint density at radius 2 is 1.33 bits per heavy atom. The first kappa shape index (κ1) is 39.9. The van der Waals surface area contributed by atoms with Crippen molar-refractivity contribution in [2.24, 2.45) is 0 Å². The highest BCUT2D eigenvalue weighted by Gasteiger charge is 2.33. The maximum Gasteiger partial charge on any atom is 0.424 e. The van der Waals surface area contributed by atoms with Crippen molar-refractivity contribution in [2.75, 3.05) is 18.0 Å². The number of fused-ring (bicyclic) bond motifs is 1. The minimum Gasteiger partial charge on any atom is -0.445 e. The molecule has 11 heteroatoms.